The minimum atomic E-state index is -6.16. The molecule has 0 aliphatic heterocycles. The van der Waals surface area contributed by atoms with Gasteiger partial charge in [0, 0.05) is 11.1 Å². The quantitative estimate of drug-likeness (QED) is 0.0395. The molecule has 0 saturated heterocycles. The fourth-order valence-corrected chi connectivity index (χ4v) is 5.86. The van der Waals surface area contributed by atoms with Crippen LogP contribution in [0.2, 0.25) is 0 Å². The molecule has 47 heavy (non-hydrogen) atoms. The smallest absolute Gasteiger partial charge is 0.411 e. The maximum absolute atomic E-state index is 14.8. The van der Waals surface area contributed by atoms with Crippen LogP contribution >= 0.6 is 12.0 Å². The van der Waals surface area contributed by atoms with Gasteiger partial charge < -0.3 is 9.47 Å². The highest BCUT2D eigenvalue weighted by Gasteiger charge is 2.72. The molecule has 0 spiro atoms. The Hall–Kier alpha value is -4.13. The summed E-state index contributed by atoms with van der Waals surface area (Å²) in [7, 11) is -4.46. The van der Waals surface area contributed by atoms with Gasteiger partial charge >= 0.3 is 12.4 Å². The summed E-state index contributed by atoms with van der Waals surface area (Å²) >= 11 is -0.00897. The summed E-state index contributed by atoms with van der Waals surface area (Å²) in [5.41, 5.74) is -6.37. The molecule has 4 rings (SSSR count). The largest absolute Gasteiger partial charge is 0.495 e. The fraction of sp³-hybridized carbons (Fsp3) is 0.167. The van der Waals surface area contributed by atoms with Gasteiger partial charge in [0.05, 0.1) is 24.0 Å². The minimum Gasteiger partial charge on any atom is -0.495 e. The maximum Gasteiger partial charge on any atom is 0.411 e. The van der Waals surface area contributed by atoms with Gasteiger partial charge in [0.15, 0.2) is 5.78 Å². The molecule has 0 aromatic heterocycles. The van der Waals surface area contributed by atoms with Crippen LogP contribution in [0.3, 0.4) is 0 Å². The van der Waals surface area contributed by atoms with Gasteiger partial charge in [-0.25, -0.2) is 5.26 Å². The topological polar surface area (TPSA) is 129 Å². The third-order valence-corrected chi connectivity index (χ3v) is 8.42. The first kappa shape index (κ1) is 35.7. The summed E-state index contributed by atoms with van der Waals surface area (Å²) < 4.78 is 137. The van der Waals surface area contributed by atoms with E-state index < -0.39 is 54.6 Å². The molecule has 0 aliphatic carbocycles. The lowest BCUT2D eigenvalue weighted by molar-refractivity contribution is -0.432. The van der Waals surface area contributed by atoms with Crippen LogP contribution in [0.4, 0.5) is 26.3 Å². The zero-order valence-corrected chi connectivity index (χ0v) is 25.6. The van der Waals surface area contributed by atoms with Crippen molar-refractivity contribution in [2.75, 3.05) is 7.11 Å². The highest BCUT2D eigenvalue weighted by atomic mass is 32.2. The maximum atomic E-state index is 14.8. The van der Waals surface area contributed by atoms with Crippen LogP contribution in [0.5, 0.6) is 17.2 Å². The number of hydrogen-bond donors (Lipinski definition) is 2. The van der Waals surface area contributed by atoms with Crippen molar-refractivity contribution in [1.29, 1.82) is 0 Å². The molecular weight excluding hydrogens is 682 g/mol. The van der Waals surface area contributed by atoms with Crippen molar-refractivity contribution in [2.45, 2.75) is 34.5 Å². The van der Waals surface area contributed by atoms with E-state index in [4.69, 9.17) is 14.7 Å². The molecule has 2 N–H and O–H groups in total. The summed E-state index contributed by atoms with van der Waals surface area (Å²) in [6, 6.07) is 14.7. The number of benzene rings is 4. The van der Waals surface area contributed by atoms with Gasteiger partial charge in [-0.05, 0) is 66.6 Å². The molecule has 0 aliphatic rings. The van der Waals surface area contributed by atoms with Crippen LogP contribution in [-0.2, 0) is 24.9 Å². The molecule has 17 heteroatoms. The van der Waals surface area contributed by atoms with E-state index in [1.54, 1.807) is 24.3 Å². The van der Waals surface area contributed by atoms with E-state index in [1.807, 2.05) is 6.92 Å². The van der Waals surface area contributed by atoms with Gasteiger partial charge in [-0.3, -0.25) is 9.35 Å². The number of methoxy groups -OCH3 is 1. The zero-order valence-electron chi connectivity index (χ0n) is 23.9. The Balaban J connectivity index is 1.83. The number of halogens is 6. The SMILES string of the molecule is COc1ccc(C(c2ccc(Oc3ccc(C(=O)c4ccc(C)cc4)cc3)c(SOOO)c2)(C(F)(F)F)C(F)(F)F)cc1S(=O)(=O)O. The Morgan fingerprint density at radius 3 is 1.77 bits per heavy atom. The van der Waals surface area contributed by atoms with Gasteiger partial charge in [-0.2, -0.15) is 34.8 Å². The molecule has 0 fully saturated rings. The second kappa shape index (κ2) is 13.5. The van der Waals surface area contributed by atoms with Crippen LogP contribution < -0.4 is 9.47 Å². The standard InChI is InChI=1S/C30H22F6O9S2/c1-17-3-5-18(6-4-17)27(37)19-7-11-22(12-8-19)43-23-13-9-20(15-25(23)46-45-44-38)28(29(31,32)33,30(34,35)36)21-10-14-24(42-2)26(16-21)47(39,40)41/h3-16,38H,1-2H3,(H,39,40,41). The summed E-state index contributed by atoms with van der Waals surface area (Å²) in [5, 5.41) is 12.1. The van der Waals surface area contributed by atoms with Crippen molar-refractivity contribution >= 4 is 27.9 Å². The second-order valence-corrected chi connectivity index (χ2v) is 11.9. The third-order valence-electron chi connectivity index (χ3n) is 6.91. The van der Waals surface area contributed by atoms with Crippen molar-refractivity contribution in [3.63, 3.8) is 0 Å². The average molecular weight is 705 g/mol. The molecule has 0 amide bonds. The van der Waals surface area contributed by atoms with E-state index in [1.165, 1.54) is 24.3 Å². The first-order valence-electron chi connectivity index (χ1n) is 12.9. The number of ketones is 1. The van der Waals surface area contributed by atoms with E-state index in [-0.39, 0.29) is 41.0 Å². The molecule has 0 bridgehead atoms. The van der Waals surface area contributed by atoms with E-state index in [9.17, 15) is 44.1 Å². The molecule has 0 heterocycles. The second-order valence-electron chi connectivity index (χ2n) is 9.80. The van der Waals surface area contributed by atoms with Gasteiger partial charge in [-0.15, -0.1) is 4.33 Å². The van der Waals surface area contributed by atoms with E-state index in [0.717, 1.165) is 18.7 Å². The Kier molecular flexibility index (Phi) is 10.3. The lowest BCUT2D eigenvalue weighted by Gasteiger charge is -2.38. The molecule has 9 nitrogen and oxygen atoms in total. The molecular formula is C30H22F6O9S2. The van der Waals surface area contributed by atoms with E-state index in [0.29, 0.717) is 29.8 Å². The van der Waals surface area contributed by atoms with Crippen LogP contribution in [0.15, 0.2) is 94.7 Å². The monoisotopic (exact) mass is 704 g/mol. The van der Waals surface area contributed by atoms with Crippen molar-refractivity contribution in [3.8, 4) is 17.2 Å². The first-order valence-corrected chi connectivity index (χ1v) is 15.1. The van der Waals surface area contributed by atoms with Crippen LogP contribution in [-0.4, -0.2) is 43.5 Å². The normalized spacial score (nSPS) is 12.6. The number of hydrogen-bond acceptors (Lipinski definition) is 9. The van der Waals surface area contributed by atoms with E-state index >= 15 is 0 Å². The average Bonchev–Trinajstić information content (AvgIpc) is 2.99. The number of carbonyl (C=O) groups is 1. The fourth-order valence-electron chi connectivity index (χ4n) is 4.71. The zero-order chi connectivity index (χ0) is 34.8. The summed E-state index contributed by atoms with van der Waals surface area (Å²) in [6.07, 6.45) is -12.3. The molecule has 0 radical (unpaired) electrons. The number of alkyl halides is 6. The summed E-state index contributed by atoms with van der Waals surface area (Å²) in [6.45, 7) is 1.85. The third kappa shape index (κ3) is 7.24. The predicted molar refractivity (Wildman–Crippen MR) is 154 cm³/mol. The van der Waals surface area contributed by atoms with Gasteiger partial charge in [0.25, 0.3) is 10.1 Å². The summed E-state index contributed by atoms with van der Waals surface area (Å²) in [5.74, 6) is -1.39. The van der Waals surface area contributed by atoms with Crippen molar-refractivity contribution in [2.24, 2.45) is 0 Å². The Morgan fingerprint density at radius 1 is 0.766 bits per heavy atom. The molecule has 4 aromatic carbocycles. The molecule has 0 unspecified atom stereocenters. The Morgan fingerprint density at radius 2 is 1.28 bits per heavy atom. The summed E-state index contributed by atoms with van der Waals surface area (Å²) in [4.78, 5) is 10.9. The van der Waals surface area contributed by atoms with Crippen molar-refractivity contribution < 1.29 is 68.2 Å². The van der Waals surface area contributed by atoms with Crippen LogP contribution in [0, 0.1) is 6.92 Å². The van der Waals surface area contributed by atoms with Crippen LogP contribution in [0.1, 0.15) is 32.6 Å². The number of rotatable bonds is 11. The number of aryl methyl sites for hydroxylation is 1. The minimum absolute atomic E-state index is 0.00897. The van der Waals surface area contributed by atoms with Gasteiger partial charge in [-0.1, -0.05) is 47.0 Å². The molecule has 0 saturated carbocycles. The number of carbonyl (C=O) groups excluding carboxylic acids is 1. The predicted octanol–water partition coefficient (Wildman–Crippen LogP) is 8.11. The molecule has 0 atom stereocenters. The molecule has 4 aromatic rings. The lowest BCUT2D eigenvalue weighted by atomic mass is 9.73. The number of ether oxygens (including phenoxy) is 2. The molecule has 250 valence electrons. The highest BCUT2D eigenvalue weighted by molar-refractivity contribution is 7.94. The van der Waals surface area contributed by atoms with E-state index in [2.05, 4.69) is 9.37 Å². The Bertz CT molecular complexity index is 1850. The van der Waals surface area contributed by atoms with Crippen molar-refractivity contribution in [1.82, 2.24) is 0 Å². The lowest BCUT2D eigenvalue weighted by Crippen LogP contribution is -2.54. The van der Waals surface area contributed by atoms with Gasteiger partial charge in [0.2, 0.25) is 5.41 Å². The highest BCUT2D eigenvalue weighted by Crippen LogP contribution is 2.57. The van der Waals surface area contributed by atoms with Crippen molar-refractivity contribution in [3.05, 3.63) is 113 Å². The van der Waals surface area contributed by atoms with Crippen LogP contribution in [0.25, 0.3) is 0 Å². The first-order chi connectivity index (χ1) is 21.9. The Labute approximate surface area is 267 Å². The van der Waals surface area contributed by atoms with Gasteiger partial charge in [0.1, 0.15) is 22.1 Å².